The SMILES string of the molecule is CC1(C)Cn2cc(C=O)nc2CN1. The number of nitrogens with one attached hydrogen (secondary N) is 1. The number of rotatable bonds is 1. The van der Waals surface area contributed by atoms with Crippen molar-refractivity contribution in [3.63, 3.8) is 0 Å². The number of carbonyl (C=O) groups is 1. The van der Waals surface area contributed by atoms with E-state index in [4.69, 9.17) is 0 Å². The Balaban J connectivity index is 2.35. The average Bonchev–Trinajstić information content (AvgIpc) is 2.44. The highest BCUT2D eigenvalue weighted by Gasteiger charge is 2.25. The molecule has 0 amide bonds. The molecule has 0 aliphatic carbocycles. The van der Waals surface area contributed by atoms with Crippen molar-refractivity contribution in [2.75, 3.05) is 0 Å². The molecule has 4 nitrogen and oxygen atoms in total. The number of nitrogens with zero attached hydrogens (tertiary/aromatic N) is 2. The van der Waals surface area contributed by atoms with Gasteiger partial charge in [-0.05, 0) is 13.8 Å². The van der Waals surface area contributed by atoms with Gasteiger partial charge in [-0.25, -0.2) is 4.98 Å². The maximum Gasteiger partial charge on any atom is 0.170 e. The van der Waals surface area contributed by atoms with Gasteiger partial charge in [0.05, 0.1) is 6.54 Å². The fraction of sp³-hybridized carbons (Fsp3) is 0.556. The number of hydrogen-bond acceptors (Lipinski definition) is 3. The van der Waals surface area contributed by atoms with Gasteiger partial charge >= 0.3 is 0 Å². The zero-order valence-electron chi connectivity index (χ0n) is 7.87. The number of aldehydes is 1. The van der Waals surface area contributed by atoms with Crippen molar-refractivity contribution in [2.24, 2.45) is 0 Å². The molecular weight excluding hydrogens is 166 g/mol. The quantitative estimate of drug-likeness (QED) is 0.641. The molecule has 0 aromatic carbocycles. The first-order valence-electron chi connectivity index (χ1n) is 4.37. The van der Waals surface area contributed by atoms with Gasteiger partial charge in [0.15, 0.2) is 6.29 Å². The lowest BCUT2D eigenvalue weighted by molar-refractivity contribution is 0.111. The van der Waals surface area contributed by atoms with Gasteiger partial charge in [0.2, 0.25) is 0 Å². The molecular formula is C9H13N3O. The fourth-order valence-corrected chi connectivity index (χ4v) is 1.61. The Morgan fingerprint density at radius 3 is 3.15 bits per heavy atom. The minimum atomic E-state index is 0.0911. The van der Waals surface area contributed by atoms with E-state index in [2.05, 4.69) is 24.1 Å². The molecule has 1 aliphatic heterocycles. The summed E-state index contributed by atoms with van der Waals surface area (Å²) in [6, 6.07) is 0. The van der Waals surface area contributed by atoms with E-state index in [0.717, 1.165) is 25.2 Å². The van der Waals surface area contributed by atoms with Gasteiger partial charge in [0, 0.05) is 18.3 Å². The first-order valence-corrected chi connectivity index (χ1v) is 4.37. The highest BCUT2D eigenvalue weighted by molar-refractivity contribution is 5.71. The van der Waals surface area contributed by atoms with Crippen LogP contribution in [0.5, 0.6) is 0 Å². The normalized spacial score (nSPS) is 19.5. The van der Waals surface area contributed by atoms with Crippen LogP contribution in [0.25, 0.3) is 0 Å². The van der Waals surface area contributed by atoms with Crippen molar-refractivity contribution in [3.05, 3.63) is 17.7 Å². The van der Waals surface area contributed by atoms with Crippen LogP contribution < -0.4 is 5.32 Å². The second-order valence-electron chi connectivity index (χ2n) is 4.07. The maximum atomic E-state index is 10.5. The second-order valence-corrected chi connectivity index (χ2v) is 4.07. The van der Waals surface area contributed by atoms with Gasteiger partial charge in [0.1, 0.15) is 11.5 Å². The van der Waals surface area contributed by atoms with Crippen molar-refractivity contribution >= 4 is 6.29 Å². The standard InChI is InChI=1S/C9H13N3O/c1-9(2)6-12-4-7(5-13)11-8(12)3-10-9/h4-5,10H,3,6H2,1-2H3. The smallest absolute Gasteiger partial charge is 0.170 e. The van der Waals surface area contributed by atoms with E-state index < -0.39 is 0 Å². The summed E-state index contributed by atoms with van der Waals surface area (Å²) >= 11 is 0. The summed E-state index contributed by atoms with van der Waals surface area (Å²) in [5.41, 5.74) is 0.614. The van der Waals surface area contributed by atoms with Crippen molar-refractivity contribution in [1.29, 1.82) is 0 Å². The Bertz CT molecular complexity index is 341. The Morgan fingerprint density at radius 1 is 1.69 bits per heavy atom. The van der Waals surface area contributed by atoms with Gasteiger partial charge in [-0.2, -0.15) is 0 Å². The van der Waals surface area contributed by atoms with Crippen LogP contribution in [-0.4, -0.2) is 21.4 Å². The van der Waals surface area contributed by atoms with Gasteiger partial charge in [-0.3, -0.25) is 4.79 Å². The molecule has 1 aliphatic rings. The molecule has 70 valence electrons. The van der Waals surface area contributed by atoms with Gasteiger partial charge in [-0.1, -0.05) is 0 Å². The van der Waals surface area contributed by atoms with Crippen LogP contribution in [0.4, 0.5) is 0 Å². The van der Waals surface area contributed by atoms with Crippen molar-refractivity contribution in [3.8, 4) is 0 Å². The summed E-state index contributed by atoms with van der Waals surface area (Å²) in [5.74, 6) is 0.946. The Kier molecular flexibility index (Phi) is 1.73. The molecule has 2 rings (SSSR count). The number of carbonyl (C=O) groups excluding carboxylic acids is 1. The zero-order valence-corrected chi connectivity index (χ0v) is 7.87. The van der Waals surface area contributed by atoms with E-state index in [0.29, 0.717) is 5.69 Å². The molecule has 1 aromatic heterocycles. The van der Waals surface area contributed by atoms with Gasteiger partial charge in [0.25, 0.3) is 0 Å². The van der Waals surface area contributed by atoms with Crippen LogP contribution >= 0.6 is 0 Å². The van der Waals surface area contributed by atoms with E-state index >= 15 is 0 Å². The van der Waals surface area contributed by atoms with Crippen molar-refractivity contribution < 1.29 is 4.79 Å². The minimum Gasteiger partial charge on any atom is -0.331 e. The summed E-state index contributed by atoms with van der Waals surface area (Å²) < 4.78 is 2.04. The topological polar surface area (TPSA) is 46.9 Å². The lowest BCUT2D eigenvalue weighted by atomic mass is 10.0. The van der Waals surface area contributed by atoms with Crippen LogP contribution in [0.3, 0.4) is 0 Å². The van der Waals surface area contributed by atoms with Crippen molar-refractivity contribution in [1.82, 2.24) is 14.9 Å². The molecule has 1 N–H and O–H groups in total. The molecule has 4 heteroatoms. The fourth-order valence-electron chi connectivity index (χ4n) is 1.61. The molecule has 2 heterocycles. The first-order chi connectivity index (χ1) is 6.11. The Labute approximate surface area is 77.0 Å². The highest BCUT2D eigenvalue weighted by atomic mass is 16.1. The molecule has 0 saturated heterocycles. The number of fused-ring (bicyclic) bond motifs is 1. The van der Waals surface area contributed by atoms with Crippen LogP contribution in [0.2, 0.25) is 0 Å². The predicted octanol–water partition coefficient (Wildman–Crippen LogP) is 0.577. The minimum absolute atomic E-state index is 0.0911. The molecule has 0 spiro atoms. The predicted molar refractivity (Wildman–Crippen MR) is 48.5 cm³/mol. The van der Waals surface area contributed by atoms with E-state index in [9.17, 15) is 4.79 Å². The molecule has 0 bridgehead atoms. The second kappa shape index (κ2) is 2.67. The molecule has 0 saturated carbocycles. The molecule has 0 fully saturated rings. The summed E-state index contributed by atoms with van der Waals surface area (Å²) in [5, 5.41) is 3.35. The number of hydrogen-bond donors (Lipinski definition) is 1. The first kappa shape index (κ1) is 8.44. The summed E-state index contributed by atoms with van der Waals surface area (Å²) in [7, 11) is 0. The van der Waals surface area contributed by atoms with Gasteiger partial charge in [-0.15, -0.1) is 0 Å². The molecule has 13 heavy (non-hydrogen) atoms. The average molecular weight is 179 g/mol. The lowest BCUT2D eigenvalue weighted by Gasteiger charge is -2.31. The highest BCUT2D eigenvalue weighted by Crippen LogP contribution is 2.15. The zero-order chi connectivity index (χ0) is 9.47. The Hall–Kier alpha value is -1.16. The largest absolute Gasteiger partial charge is 0.331 e. The van der Waals surface area contributed by atoms with E-state index in [1.54, 1.807) is 0 Å². The van der Waals surface area contributed by atoms with Crippen LogP contribution in [0.15, 0.2) is 6.20 Å². The monoisotopic (exact) mass is 179 g/mol. The molecule has 1 aromatic rings. The van der Waals surface area contributed by atoms with Crippen LogP contribution in [0, 0.1) is 0 Å². The summed E-state index contributed by atoms with van der Waals surface area (Å²) in [6.45, 7) is 5.87. The molecule has 0 atom stereocenters. The van der Waals surface area contributed by atoms with Gasteiger partial charge < -0.3 is 9.88 Å². The number of aromatic nitrogens is 2. The van der Waals surface area contributed by atoms with Crippen molar-refractivity contribution in [2.45, 2.75) is 32.5 Å². The third kappa shape index (κ3) is 1.49. The third-order valence-corrected chi connectivity index (χ3v) is 2.29. The van der Waals surface area contributed by atoms with Crippen LogP contribution in [0.1, 0.15) is 30.2 Å². The summed E-state index contributed by atoms with van der Waals surface area (Å²) in [4.78, 5) is 14.7. The van der Waals surface area contributed by atoms with E-state index in [1.807, 2.05) is 10.8 Å². The van der Waals surface area contributed by atoms with E-state index in [-0.39, 0.29) is 5.54 Å². The van der Waals surface area contributed by atoms with E-state index in [1.165, 1.54) is 0 Å². The summed E-state index contributed by atoms with van der Waals surface area (Å²) in [6.07, 6.45) is 2.60. The molecule has 0 unspecified atom stereocenters. The van der Waals surface area contributed by atoms with Crippen LogP contribution in [-0.2, 0) is 13.1 Å². The lowest BCUT2D eigenvalue weighted by Crippen LogP contribution is -2.47. The maximum absolute atomic E-state index is 10.5. The number of imidazole rings is 1. The molecule has 0 radical (unpaired) electrons. The Morgan fingerprint density at radius 2 is 2.46 bits per heavy atom. The third-order valence-electron chi connectivity index (χ3n) is 2.29.